The first kappa shape index (κ1) is 34.3. The number of aromatic amines is 2. The van der Waals surface area contributed by atoms with E-state index in [0.717, 1.165) is 55.0 Å². The predicted octanol–water partition coefficient (Wildman–Crippen LogP) is 8.81. The third kappa shape index (κ3) is 6.24. The zero-order chi connectivity index (χ0) is 36.9. The number of thiazole rings is 1. The molecule has 0 saturated carbocycles. The molecule has 3 aromatic carbocycles. The van der Waals surface area contributed by atoms with Gasteiger partial charge in [0.15, 0.2) is 0 Å². The average molecular weight is 733 g/mol. The Kier molecular flexibility index (Phi) is 8.82. The van der Waals surface area contributed by atoms with Gasteiger partial charge >= 0.3 is 0 Å². The summed E-state index contributed by atoms with van der Waals surface area (Å²) < 4.78 is 12.6. The highest BCUT2D eigenvalue weighted by molar-refractivity contribution is 8.16. The van der Waals surface area contributed by atoms with Gasteiger partial charge in [0, 0.05) is 10.8 Å². The standard InChI is InChI=1S/C43H36N6O2S2/c1-24(2)50-28-17-13-26(14-18-28)37-35-36(40(49-37)31(23-45)42-47-34-12-8-9-21-43(34,5)53-42)38(27-15-19-29(20-16-27)51-25(3)4)48-39(35)30(22-44)41-46-32-10-6-7-11-33(32)52-41/h6-21,24-25,34,48-49H,1-5H3/b39-30-,40-31-. The number of nitrogens with zero attached hydrogens (tertiary/aromatic N) is 4. The van der Waals surface area contributed by atoms with E-state index in [9.17, 15) is 10.5 Å². The van der Waals surface area contributed by atoms with Gasteiger partial charge in [0.2, 0.25) is 0 Å². The molecule has 2 N–H and O–H groups in total. The molecule has 262 valence electrons. The number of para-hydroxylation sites is 1. The van der Waals surface area contributed by atoms with Gasteiger partial charge in [0.25, 0.3) is 0 Å². The van der Waals surface area contributed by atoms with Crippen molar-refractivity contribution in [2.45, 2.75) is 57.6 Å². The number of fused-ring (bicyclic) bond motifs is 3. The molecule has 0 radical (unpaired) electrons. The fourth-order valence-corrected chi connectivity index (χ4v) is 9.05. The van der Waals surface area contributed by atoms with Crippen molar-refractivity contribution in [2.75, 3.05) is 0 Å². The Labute approximate surface area is 315 Å². The molecule has 0 bridgehead atoms. The van der Waals surface area contributed by atoms with Gasteiger partial charge < -0.3 is 19.4 Å². The van der Waals surface area contributed by atoms with Crippen LogP contribution >= 0.6 is 23.1 Å². The molecule has 8 rings (SSSR count). The van der Waals surface area contributed by atoms with E-state index in [-0.39, 0.29) is 23.0 Å². The molecule has 0 fully saturated rings. The quantitative estimate of drug-likeness (QED) is 0.161. The number of allylic oxidation sites excluding steroid dienone is 2. The number of ether oxygens (including phenoxy) is 2. The third-order valence-corrected chi connectivity index (χ3v) is 11.6. The van der Waals surface area contributed by atoms with Gasteiger partial charge in [0.1, 0.15) is 44.8 Å². The van der Waals surface area contributed by atoms with E-state index in [4.69, 9.17) is 19.5 Å². The van der Waals surface area contributed by atoms with Crippen molar-refractivity contribution in [1.82, 2.24) is 15.0 Å². The molecule has 4 heterocycles. The van der Waals surface area contributed by atoms with Crippen LogP contribution in [0.25, 0.3) is 54.7 Å². The monoisotopic (exact) mass is 732 g/mol. The fourth-order valence-electron chi connectivity index (χ4n) is 6.85. The van der Waals surface area contributed by atoms with Crippen LogP contribution in [-0.4, -0.2) is 43.0 Å². The van der Waals surface area contributed by atoms with Crippen LogP contribution in [-0.2, 0) is 0 Å². The lowest BCUT2D eigenvalue weighted by Crippen LogP contribution is -2.28. The largest absolute Gasteiger partial charge is 0.491 e. The molecule has 2 atom stereocenters. The molecular formula is C43H36N6O2S2. The molecule has 0 amide bonds. The van der Waals surface area contributed by atoms with Crippen molar-refractivity contribution in [3.05, 3.63) is 113 Å². The minimum absolute atomic E-state index is 0.0233. The molecule has 8 nitrogen and oxygen atoms in total. The number of hydrogen-bond acceptors (Lipinski definition) is 8. The van der Waals surface area contributed by atoms with Crippen LogP contribution in [0, 0.1) is 22.7 Å². The second-order valence-electron chi connectivity index (χ2n) is 13.8. The van der Waals surface area contributed by atoms with Crippen LogP contribution in [0.4, 0.5) is 0 Å². The number of nitrogens with one attached hydrogen (secondary N) is 2. The summed E-state index contributed by atoms with van der Waals surface area (Å²) in [4.78, 5) is 17.4. The van der Waals surface area contributed by atoms with Gasteiger partial charge in [-0.1, -0.05) is 48.2 Å². The summed E-state index contributed by atoms with van der Waals surface area (Å²) >= 11 is 3.07. The van der Waals surface area contributed by atoms with E-state index in [0.29, 0.717) is 31.9 Å². The first-order valence-electron chi connectivity index (χ1n) is 17.5. The van der Waals surface area contributed by atoms with Crippen LogP contribution in [0.2, 0.25) is 0 Å². The predicted molar refractivity (Wildman–Crippen MR) is 217 cm³/mol. The lowest BCUT2D eigenvalue weighted by Gasteiger charge is -2.25. The van der Waals surface area contributed by atoms with E-state index in [1.165, 1.54) is 11.3 Å². The number of benzene rings is 3. The van der Waals surface area contributed by atoms with Crippen molar-refractivity contribution in [3.8, 4) is 46.2 Å². The smallest absolute Gasteiger partial charge is 0.137 e. The number of aromatic nitrogens is 3. The summed E-state index contributed by atoms with van der Waals surface area (Å²) in [5.74, 6) is 1.50. The maximum absolute atomic E-state index is 11.0. The Balaban J connectivity index is 1.49. The number of hydrogen-bond donors (Lipinski definition) is 2. The Morgan fingerprint density at radius 1 is 0.774 bits per heavy atom. The Morgan fingerprint density at radius 3 is 1.87 bits per heavy atom. The van der Waals surface area contributed by atoms with Gasteiger partial charge in [-0.05, 0) is 106 Å². The van der Waals surface area contributed by atoms with Crippen molar-refractivity contribution in [1.29, 1.82) is 10.5 Å². The molecule has 6 aromatic rings. The molecule has 1 aliphatic heterocycles. The van der Waals surface area contributed by atoms with E-state index in [1.807, 2.05) is 113 Å². The summed E-state index contributed by atoms with van der Waals surface area (Å²) in [7, 11) is 0. The molecule has 53 heavy (non-hydrogen) atoms. The number of nitriles is 2. The normalized spacial score (nSPS) is 19.0. The maximum Gasteiger partial charge on any atom is 0.137 e. The highest BCUT2D eigenvalue weighted by Gasteiger charge is 2.40. The van der Waals surface area contributed by atoms with Crippen LogP contribution in [0.3, 0.4) is 0 Å². The van der Waals surface area contributed by atoms with E-state index in [2.05, 4.69) is 41.2 Å². The summed E-state index contributed by atoms with van der Waals surface area (Å²) in [6.07, 6.45) is 8.32. The van der Waals surface area contributed by atoms with Crippen molar-refractivity contribution < 1.29 is 9.47 Å². The number of thioether (sulfide) groups is 1. The van der Waals surface area contributed by atoms with Crippen LogP contribution in [0.15, 0.2) is 102 Å². The molecule has 3 aromatic heterocycles. The highest BCUT2D eigenvalue weighted by Crippen LogP contribution is 2.44. The topological polar surface area (TPSA) is 123 Å². The lowest BCUT2D eigenvalue weighted by molar-refractivity contribution is 0.242. The van der Waals surface area contributed by atoms with Crippen molar-refractivity contribution in [3.63, 3.8) is 0 Å². The van der Waals surface area contributed by atoms with E-state index >= 15 is 0 Å². The van der Waals surface area contributed by atoms with E-state index in [1.54, 1.807) is 11.8 Å². The van der Waals surface area contributed by atoms with Crippen molar-refractivity contribution in [2.24, 2.45) is 4.99 Å². The zero-order valence-corrected chi connectivity index (χ0v) is 31.5. The van der Waals surface area contributed by atoms with Crippen molar-refractivity contribution >= 4 is 60.3 Å². The van der Waals surface area contributed by atoms with Gasteiger partial charge in [0.05, 0.1) is 55.3 Å². The fraction of sp³-hybridized carbons (Fsp3) is 0.209. The average Bonchev–Trinajstić information content (AvgIpc) is 3.91. The Hall–Kier alpha value is -5.81. The number of rotatable bonds is 8. The van der Waals surface area contributed by atoms with Gasteiger partial charge in [-0.25, -0.2) is 4.98 Å². The van der Waals surface area contributed by atoms with Gasteiger partial charge in [-0.3, -0.25) is 4.99 Å². The number of aliphatic imine (C=N–C) groups is 1. The first-order valence-corrected chi connectivity index (χ1v) is 19.1. The van der Waals surface area contributed by atoms with Crippen LogP contribution in [0.5, 0.6) is 11.5 Å². The zero-order valence-electron chi connectivity index (χ0n) is 29.9. The molecule has 0 saturated heterocycles. The second kappa shape index (κ2) is 13.6. The molecule has 2 aliphatic rings. The second-order valence-corrected chi connectivity index (χ2v) is 16.3. The summed E-state index contributed by atoms with van der Waals surface area (Å²) in [6, 6.07) is 28.6. The molecule has 10 heteroatoms. The summed E-state index contributed by atoms with van der Waals surface area (Å²) in [6.45, 7) is 10.1. The summed E-state index contributed by atoms with van der Waals surface area (Å²) in [5.41, 5.74) is 4.94. The first-order chi connectivity index (χ1) is 25.7. The van der Waals surface area contributed by atoms with Crippen LogP contribution in [0.1, 0.15) is 39.6 Å². The van der Waals surface area contributed by atoms with Gasteiger partial charge in [-0.15, -0.1) is 11.3 Å². The highest BCUT2D eigenvalue weighted by atomic mass is 32.2. The van der Waals surface area contributed by atoms with Gasteiger partial charge in [-0.2, -0.15) is 10.5 Å². The SMILES string of the molecule is CC(C)Oc1ccc(-c2[nH]/c(=C(/C#N)c3nc4ccccc4s3)c3c(-c4ccc(OC(C)C)cc4)[nH]/c(=C(/C#N)C4=NC5C=CC=CC5(C)S4)c23)cc1. The third-order valence-electron chi connectivity index (χ3n) is 9.22. The molecule has 2 unspecified atom stereocenters. The minimum atomic E-state index is -0.306. The molecule has 0 spiro atoms. The molecule has 1 aliphatic carbocycles. The minimum Gasteiger partial charge on any atom is -0.491 e. The van der Waals surface area contributed by atoms with Crippen LogP contribution < -0.4 is 20.2 Å². The number of H-pyrrole nitrogens is 2. The Morgan fingerprint density at radius 2 is 1.34 bits per heavy atom. The summed E-state index contributed by atoms with van der Waals surface area (Å²) in [5, 5.41) is 26.0. The van der Waals surface area contributed by atoms with E-state index < -0.39 is 0 Å². The Bertz CT molecular complexity index is 2610. The molecular weight excluding hydrogens is 697 g/mol. The maximum atomic E-state index is 11.0. The lowest BCUT2D eigenvalue weighted by atomic mass is 9.97.